The number of imidazole rings is 1. The van der Waals surface area contributed by atoms with Gasteiger partial charge in [0.05, 0.1) is 27.3 Å². The Bertz CT molecular complexity index is 1230. The Balaban J connectivity index is 1.91. The van der Waals surface area contributed by atoms with Crippen molar-refractivity contribution < 1.29 is 8.78 Å². The molecule has 0 fully saturated rings. The van der Waals surface area contributed by atoms with Crippen molar-refractivity contribution in [1.82, 2.24) is 19.7 Å². The van der Waals surface area contributed by atoms with E-state index in [4.69, 9.17) is 16.6 Å². The number of hydrogen-bond donors (Lipinski definition) is 1. The lowest BCUT2D eigenvalue weighted by molar-refractivity contribution is 0.553. The van der Waals surface area contributed by atoms with Crippen molar-refractivity contribution in [3.63, 3.8) is 0 Å². The summed E-state index contributed by atoms with van der Waals surface area (Å²) < 4.78 is 30.2. The smallest absolute Gasteiger partial charge is 0.158 e. The monoisotopic (exact) mass is 414 g/mol. The van der Waals surface area contributed by atoms with Crippen molar-refractivity contribution in [3.8, 4) is 22.6 Å². The third-order valence-corrected chi connectivity index (χ3v) is 5.31. The van der Waals surface area contributed by atoms with Crippen molar-refractivity contribution in [2.24, 2.45) is 7.05 Å². The molecular formula is C22H21ClF2N4. The molecule has 0 spiro atoms. The Morgan fingerprint density at radius 2 is 1.76 bits per heavy atom. The summed E-state index contributed by atoms with van der Waals surface area (Å²) in [4.78, 5) is 7.94. The van der Waals surface area contributed by atoms with Crippen LogP contribution in [0.15, 0.2) is 30.3 Å². The fraction of sp³-hybridized carbons (Fsp3) is 0.273. The van der Waals surface area contributed by atoms with Gasteiger partial charge in [0.2, 0.25) is 0 Å². The first-order valence-electron chi connectivity index (χ1n) is 9.26. The highest BCUT2D eigenvalue weighted by Crippen LogP contribution is 2.37. The van der Waals surface area contributed by atoms with Crippen molar-refractivity contribution >= 4 is 22.6 Å². The van der Waals surface area contributed by atoms with Crippen molar-refractivity contribution in [3.05, 3.63) is 58.2 Å². The van der Waals surface area contributed by atoms with E-state index in [9.17, 15) is 8.78 Å². The molecule has 2 aromatic heterocycles. The number of aromatic amines is 1. The molecule has 0 saturated heterocycles. The van der Waals surface area contributed by atoms with E-state index in [-0.39, 0.29) is 11.0 Å². The molecule has 0 radical (unpaired) electrons. The normalized spacial score (nSPS) is 12.1. The number of hydrogen-bond acceptors (Lipinski definition) is 2. The molecule has 2 aromatic carbocycles. The lowest BCUT2D eigenvalue weighted by Gasteiger charge is -2.15. The number of nitrogens with zero attached hydrogens (tertiary/aromatic N) is 3. The van der Waals surface area contributed by atoms with E-state index >= 15 is 0 Å². The molecule has 4 nitrogen and oxygen atoms in total. The van der Waals surface area contributed by atoms with Crippen molar-refractivity contribution in [2.45, 2.75) is 33.1 Å². The van der Waals surface area contributed by atoms with Gasteiger partial charge in [-0.1, -0.05) is 38.4 Å². The first-order chi connectivity index (χ1) is 13.6. The number of rotatable bonds is 2. The molecule has 4 aromatic rings. The van der Waals surface area contributed by atoms with Gasteiger partial charge in [0.1, 0.15) is 17.3 Å². The number of halogens is 3. The number of H-pyrrole nitrogens is 1. The quantitative estimate of drug-likeness (QED) is 0.426. The molecule has 0 aliphatic rings. The third kappa shape index (κ3) is 3.21. The summed E-state index contributed by atoms with van der Waals surface area (Å²) in [6.45, 7) is 8.00. The van der Waals surface area contributed by atoms with Crippen LogP contribution in [0.1, 0.15) is 32.0 Å². The van der Waals surface area contributed by atoms with E-state index in [1.54, 1.807) is 16.8 Å². The predicted octanol–water partition coefficient (Wildman–Crippen LogP) is 6.17. The van der Waals surface area contributed by atoms with E-state index in [1.807, 2.05) is 34.7 Å². The average Bonchev–Trinajstić information content (AvgIpc) is 3.15. The minimum Gasteiger partial charge on any atom is -0.337 e. The summed E-state index contributed by atoms with van der Waals surface area (Å²) in [6, 6.07) is 7.29. The van der Waals surface area contributed by atoms with Gasteiger partial charge in [-0.25, -0.2) is 13.8 Å². The Kier molecular flexibility index (Phi) is 4.50. The fourth-order valence-corrected chi connectivity index (χ4v) is 4.09. The maximum atomic E-state index is 14.3. The maximum Gasteiger partial charge on any atom is 0.158 e. The fourth-order valence-electron chi connectivity index (χ4n) is 3.56. The number of aromatic nitrogens is 4. The Morgan fingerprint density at radius 1 is 1.10 bits per heavy atom. The van der Waals surface area contributed by atoms with Crippen LogP contribution >= 0.6 is 11.6 Å². The second kappa shape index (κ2) is 6.66. The highest BCUT2D eigenvalue weighted by molar-refractivity contribution is 6.33. The van der Waals surface area contributed by atoms with Crippen molar-refractivity contribution in [1.29, 1.82) is 0 Å². The second-order valence-electron chi connectivity index (χ2n) is 8.26. The predicted molar refractivity (Wildman–Crippen MR) is 112 cm³/mol. The zero-order valence-corrected chi connectivity index (χ0v) is 17.6. The molecule has 0 aliphatic heterocycles. The van der Waals surface area contributed by atoms with Crippen LogP contribution in [-0.4, -0.2) is 19.7 Å². The number of nitrogens with one attached hydrogen (secondary N) is 1. The van der Waals surface area contributed by atoms with Crippen LogP contribution in [0.4, 0.5) is 8.78 Å². The SMILES string of the molecule is Cc1cc(-c2c(F)cccc2F)cc2[nH]c(-c3c(Cl)c(C(C)(C)C)nn3C)nc12. The highest BCUT2D eigenvalue weighted by atomic mass is 35.5. The van der Waals surface area contributed by atoms with Crippen LogP contribution in [0.5, 0.6) is 0 Å². The van der Waals surface area contributed by atoms with E-state index in [0.717, 1.165) is 16.8 Å². The topological polar surface area (TPSA) is 46.5 Å². The molecule has 150 valence electrons. The summed E-state index contributed by atoms with van der Waals surface area (Å²) in [7, 11) is 1.82. The number of aryl methyl sites for hydroxylation is 2. The minimum absolute atomic E-state index is 0.0535. The van der Waals surface area contributed by atoms with E-state index in [2.05, 4.69) is 10.1 Å². The molecule has 0 unspecified atom stereocenters. The average molecular weight is 415 g/mol. The first-order valence-corrected chi connectivity index (χ1v) is 9.64. The summed E-state index contributed by atoms with van der Waals surface area (Å²) in [5, 5.41) is 5.10. The van der Waals surface area contributed by atoms with Crippen molar-refractivity contribution in [2.75, 3.05) is 0 Å². The molecule has 4 rings (SSSR count). The van der Waals surface area contributed by atoms with E-state index < -0.39 is 11.6 Å². The maximum absolute atomic E-state index is 14.3. The van der Waals surface area contributed by atoms with Gasteiger partial charge in [0.15, 0.2) is 5.82 Å². The van der Waals surface area contributed by atoms with Gasteiger partial charge in [-0.15, -0.1) is 0 Å². The van der Waals surface area contributed by atoms with Gasteiger partial charge in [-0.05, 0) is 42.3 Å². The standard InChI is InChI=1S/C22H21ClF2N4/c1-11-9-12(16-13(24)7-6-8-14(16)25)10-15-18(11)27-21(26-15)19-17(23)20(22(2,3)4)28-29(19)5/h6-10H,1-5H3,(H,26,27). The molecule has 1 N–H and O–H groups in total. The van der Waals surface area contributed by atoms with Gasteiger partial charge in [-0.2, -0.15) is 5.10 Å². The van der Waals surface area contributed by atoms with Gasteiger partial charge < -0.3 is 4.98 Å². The molecule has 2 heterocycles. The van der Waals surface area contributed by atoms with Gasteiger partial charge in [-0.3, -0.25) is 4.68 Å². The van der Waals surface area contributed by atoms with Crippen LogP contribution in [0.25, 0.3) is 33.7 Å². The summed E-state index contributed by atoms with van der Waals surface area (Å²) in [5.74, 6) is -0.647. The largest absolute Gasteiger partial charge is 0.337 e. The van der Waals surface area contributed by atoms with Gasteiger partial charge in [0, 0.05) is 12.5 Å². The molecule has 0 atom stereocenters. The molecule has 0 aliphatic carbocycles. The number of benzene rings is 2. The summed E-state index contributed by atoms with van der Waals surface area (Å²) in [5.41, 5.74) is 3.83. The van der Waals surface area contributed by atoms with Crippen LogP contribution in [0, 0.1) is 18.6 Å². The first kappa shape index (κ1) is 19.6. The van der Waals surface area contributed by atoms with Crippen LogP contribution in [0.3, 0.4) is 0 Å². The summed E-state index contributed by atoms with van der Waals surface area (Å²) >= 11 is 6.64. The Labute approximate surface area is 172 Å². The highest BCUT2D eigenvalue weighted by Gasteiger charge is 2.27. The molecule has 0 bridgehead atoms. The number of fused-ring (bicyclic) bond motifs is 1. The zero-order valence-electron chi connectivity index (χ0n) is 16.9. The van der Waals surface area contributed by atoms with Crippen LogP contribution < -0.4 is 0 Å². The zero-order chi connectivity index (χ0) is 21.1. The summed E-state index contributed by atoms with van der Waals surface area (Å²) in [6.07, 6.45) is 0. The second-order valence-corrected chi connectivity index (χ2v) is 8.63. The van der Waals surface area contributed by atoms with Crippen LogP contribution in [-0.2, 0) is 12.5 Å². The molecular weight excluding hydrogens is 394 g/mol. The Hall–Kier alpha value is -2.73. The Morgan fingerprint density at radius 3 is 2.34 bits per heavy atom. The molecule has 0 saturated carbocycles. The van der Waals surface area contributed by atoms with E-state index in [0.29, 0.717) is 27.6 Å². The lowest BCUT2D eigenvalue weighted by Crippen LogP contribution is -2.12. The van der Waals surface area contributed by atoms with Gasteiger partial charge >= 0.3 is 0 Å². The third-order valence-electron chi connectivity index (χ3n) is 4.95. The van der Waals surface area contributed by atoms with Crippen LogP contribution in [0.2, 0.25) is 5.02 Å². The van der Waals surface area contributed by atoms with E-state index in [1.165, 1.54) is 18.2 Å². The molecule has 29 heavy (non-hydrogen) atoms. The molecule has 0 amide bonds. The minimum atomic E-state index is -0.604. The molecule has 7 heteroatoms. The lowest BCUT2D eigenvalue weighted by atomic mass is 9.92. The van der Waals surface area contributed by atoms with Gasteiger partial charge in [0.25, 0.3) is 0 Å².